The molecule has 3 rings (SSSR count). The van der Waals surface area contributed by atoms with Crippen LogP contribution in [0.4, 0.5) is 0 Å². The number of carboxylic acid groups (broad SMARTS) is 1. The summed E-state index contributed by atoms with van der Waals surface area (Å²) < 4.78 is -0.958. The maximum Gasteiger partial charge on any atom is 0.319 e. The van der Waals surface area contributed by atoms with E-state index in [1.807, 2.05) is 6.92 Å². The maximum atomic E-state index is 11.5. The lowest BCUT2D eigenvalue weighted by molar-refractivity contribution is -0.138. The minimum atomic E-state index is -0.958. The van der Waals surface area contributed by atoms with E-state index < -0.39 is 10.7 Å². The van der Waals surface area contributed by atoms with Crippen LogP contribution >= 0.6 is 23.1 Å². The van der Waals surface area contributed by atoms with Gasteiger partial charge in [0.05, 0.1) is 5.39 Å². The van der Waals surface area contributed by atoms with Crippen LogP contribution in [0.15, 0.2) is 34.7 Å². The summed E-state index contributed by atoms with van der Waals surface area (Å²) in [6.07, 6.45) is 0. The first-order valence-corrected chi connectivity index (χ1v) is 9.23. The number of nitrogens with zero attached hydrogens (tertiary/aromatic N) is 2. The van der Waals surface area contributed by atoms with E-state index in [1.54, 1.807) is 25.2 Å². The number of aryl methyl sites for hydroxylation is 2. The maximum absolute atomic E-state index is 11.5. The molecule has 0 bridgehead atoms. The van der Waals surface area contributed by atoms with Gasteiger partial charge in [-0.1, -0.05) is 41.6 Å². The van der Waals surface area contributed by atoms with Gasteiger partial charge in [-0.15, -0.1) is 11.3 Å². The largest absolute Gasteiger partial charge is 0.480 e. The summed E-state index contributed by atoms with van der Waals surface area (Å²) in [5.41, 5.74) is 3.35. The first kappa shape index (κ1) is 16.9. The summed E-state index contributed by atoms with van der Waals surface area (Å²) in [6, 6.07) is 8.30. The van der Waals surface area contributed by atoms with Crippen molar-refractivity contribution in [3.05, 3.63) is 41.0 Å². The van der Waals surface area contributed by atoms with E-state index in [2.05, 4.69) is 46.5 Å². The molecular weight excluding hydrogens is 340 g/mol. The summed E-state index contributed by atoms with van der Waals surface area (Å²) in [6.45, 7) is 7.28. The predicted octanol–water partition coefficient (Wildman–Crippen LogP) is 4.93. The van der Waals surface area contributed by atoms with Crippen molar-refractivity contribution < 1.29 is 9.90 Å². The molecule has 0 aliphatic heterocycles. The highest BCUT2D eigenvalue weighted by Crippen LogP contribution is 2.42. The Morgan fingerprint density at radius 3 is 2.46 bits per heavy atom. The van der Waals surface area contributed by atoms with Crippen molar-refractivity contribution in [2.24, 2.45) is 0 Å². The average molecular weight is 358 g/mol. The van der Waals surface area contributed by atoms with Crippen LogP contribution in [0, 0.1) is 13.8 Å². The van der Waals surface area contributed by atoms with Gasteiger partial charge in [0.1, 0.15) is 20.4 Å². The third kappa shape index (κ3) is 3.16. The molecule has 0 aliphatic carbocycles. The number of hydrogen-bond donors (Lipinski definition) is 1. The molecule has 124 valence electrons. The molecule has 2 heterocycles. The molecule has 0 radical (unpaired) electrons. The number of carboxylic acids is 1. The Bertz CT molecular complexity index is 915. The second-order valence-electron chi connectivity index (χ2n) is 6.19. The van der Waals surface area contributed by atoms with E-state index in [4.69, 9.17) is 0 Å². The average Bonchev–Trinajstić information content (AvgIpc) is 2.91. The van der Waals surface area contributed by atoms with Crippen molar-refractivity contribution in [1.82, 2.24) is 9.97 Å². The Morgan fingerprint density at radius 2 is 1.83 bits per heavy atom. The number of aliphatic carboxylic acids is 1. The highest BCUT2D eigenvalue weighted by atomic mass is 32.2. The quantitative estimate of drug-likeness (QED) is 0.529. The van der Waals surface area contributed by atoms with Crippen molar-refractivity contribution in [2.75, 3.05) is 0 Å². The van der Waals surface area contributed by atoms with Gasteiger partial charge in [0, 0.05) is 10.9 Å². The molecule has 0 aliphatic rings. The van der Waals surface area contributed by atoms with Gasteiger partial charge in [-0.05, 0) is 33.3 Å². The van der Waals surface area contributed by atoms with Gasteiger partial charge in [-0.25, -0.2) is 9.97 Å². The highest BCUT2D eigenvalue weighted by molar-refractivity contribution is 8.01. The van der Waals surface area contributed by atoms with Gasteiger partial charge in [-0.3, -0.25) is 4.79 Å². The van der Waals surface area contributed by atoms with E-state index >= 15 is 0 Å². The van der Waals surface area contributed by atoms with E-state index in [0.717, 1.165) is 26.4 Å². The molecule has 0 spiro atoms. The molecule has 0 atom stereocenters. The smallest absolute Gasteiger partial charge is 0.319 e. The van der Waals surface area contributed by atoms with Gasteiger partial charge < -0.3 is 5.11 Å². The van der Waals surface area contributed by atoms with Crippen LogP contribution in [0.25, 0.3) is 21.3 Å². The number of aromatic nitrogens is 2. The van der Waals surface area contributed by atoms with Crippen molar-refractivity contribution in [2.45, 2.75) is 37.5 Å². The summed E-state index contributed by atoms with van der Waals surface area (Å²) in [4.78, 5) is 21.5. The lowest BCUT2D eigenvalue weighted by Crippen LogP contribution is -2.27. The van der Waals surface area contributed by atoms with Crippen LogP contribution in [-0.2, 0) is 4.79 Å². The number of hydrogen-bond acceptors (Lipinski definition) is 5. The van der Waals surface area contributed by atoms with Crippen LogP contribution in [0.1, 0.15) is 25.2 Å². The number of fused-ring (bicyclic) bond motifs is 1. The summed E-state index contributed by atoms with van der Waals surface area (Å²) in [7, 11) is 0. The molecule has 6 heteroatoms. The normalized spacial score (nSPS) is 11.8. The second kappa shape index (κ2) is 6.18. The van der Waals surface area contributed by atoms with E-state index in [0.29, 0.717) is 5.82 Å². The summed E-state index contributed by atoms with van der Waals surface area (Å²) in [5.74, 6) is -0.201. The zero-order chi connectivity index (χ0) is 17.5. The van der Waals surface area contributed by atoms with Crippen molar-refractivity contribution in [3.63, 3.8) is 0 Å². The molecule has 24 heavy (non-hydrogen) atoms. The van der Waals surface area contributed by atoms with E-state index in [-0.39, 0.29) is 0 Å². The lowest BCUT2D eigenvalue weighted by atomic mass is 10.1. The summed E-state index contributed by atoms with van der Waals surface area (Å²) >= 11 is 2.83. The van der Waals surface area contributed by atoms with E-state index in [1.165, 1.54) is 17.3 Å². The Labute approximate surface area is 149 Å². The standard InChI is InChI=1S/C18H18N2O2S2/c1-10-5-7-12(8-6-10)13-9-23-15-14(13)16(20-11(2)19-15)24-18(3,4)17(21)22/h5-9H,1-4H3,(H,21,22). The highest BCUT2D eigenvalue weighted by Gasteiger charge is 2.31. The Balaban J connectivity index is 2.19. The van der Waals surface area contributed by atoms with Crippen LogP contribution in [-0.4, -0.2) is 25.8 Å². The first-order chi connectivity index (χ1) is 11.3. The third-order valence-electron chi connectivity index (χ3n) is 3.74. The topological polar surface area (TPSA) is 63.1 Å². The van der Waals surface area contributed by atoms with E-state index in [9.17, 15) is 9.90 Å². The molecule has 2 aromatic heterocycles. The monoisotopic (exact) mass is 358 g/mol. The van der Waals surface area contributed by atoms with Crippen molar-refractivity contribution in [1.29, 1.82) is 0 Å². The molecule has 0 fully saturated rings. The number of rotatable bonds is 4. The van der Waals surface area contributed by atoms with Gasteiger partial charge in [0.2, 0.25) is 0 Å². The van der Waals surface area contributed by atoms with Crippen LogP contribution in [0.3, 0.4) is 0 Å². The van der Waals surface area contributed by atoms with Crippen LogP contribution in [0.5, 0.6) is 0 Å². The zero-order valence-corrected chi connectivity index (χ0v) is 15.6. The fourth-order valence-corrected chi connectivity index (χ4v) is 4.43. The van der Waals surface area contributed by atoms with Crippen molar-refractivity contribution in [3.8, 4) is 11.1 Å². The number of carbonyl (C=O) groups is 1. The van der Waals surface area contributed by atoms with Gasteiger partial charge in [-0.2, -0.15) is 0 Å². The van der Waals surface area contributed by atoms with Crippen LogP contribution in [0.2, 0.25) is 0 Å². The zero-order valence-electron chi connectivity index (χ0n) is 14.0. The molecule has 1 aromatic carbocycles. The SMILES string of the molecule is Cc1ccc(-c2csc3nc(C)nc(SC(C)(C)C(=O)O)c23)cc1. The number of thiophene rings is 1. The van der Waals surface area contributed by atoms with Gasteiger partial charge in [0.15, 0.2) is 0 Å². The van der Waals surface area contributed by atoms with Crippen molar-refractivity contribution >= 4 is 39.3 Å². The lowest BCUT2D eigenvalue weighted by Gasteiger charge is -2.18. The Morgan fingerprint density at radius 1 is 1.17 bits per heavy atom. The van der Waals surface area contributed by atoms with Gasteiger partial charge in [0.25, 0.3) is 0 Å². The first-order valence-electron chi connectivity index (χ1n) is 7.53. The fourth-order valence-electron chi connectivity index (χ4n) is 2.32. The molecule has 4 nitrogen and oxygen atoms in total. The summed E-state index contributed by atoms with van der Waals surface area (Å²) in [5, 5.41) is 13.2. The Kier molecular flexibility index (Phi) is 4.36. The molecule has 3 aromatic rings. The predicted molar refractivity (Wildman–Crippen MR) is 99.9 cm³/mol. The molecular formula is C18H18N2O2S2. The minimum absolute atomic E-state index is 0.656. The van der Waals surface area contributed by atoms with Crippen LogP contribution < -0.4 is 0 Å². The molecule has 0 unspecified atom stereocenters. The Hall–Kier alpha value is -1.92. The molecule has 0 amide bonds. The number of thioether (sulfide) groups is 1. The molecule has 1 N–H and O–H groups in total. The third-order valence-corrected chi connectivity index (χ3v) is 5.79. The molecule has 0 saturated heterocycles. The minimum Gasteiger partial charge on any atom is -0.480 e. The second-order valence-corrected chi connectivity index (χ2v) is 8.66. The molecule has 0 saturated carbocycles. The number of benzene rings is 1. The van der Waals surface area contributed by atoms with Gasteiger partial charge >= 0.3 is 5.97 Å². The fraction of sp³-hybridized carbons (Fsp3) is 0.278.